The van der Waals surface area contributed by atoms with Crippen LogP contribution in [0.4, 0.5) is 0 Å². The molecule has 6 heteroatoms. The first-order chi connectivity index (χ1) is 15.4. The Kier molecular flexibility index (Phi) is 7.70. The van der Waals surface area contributed by atoms with Gasteiger partial charge in [0.1, 0.15) is 11.5 Å². The van der Waals surface area contributed by atoms with Gasteiger partial charge in [0.2, 0.25) is 0 Å². The Balaban J connectivity index is 2.02. The molecule has 0 bridgehead atoms. The second-order valence-electron chi connectivity index (χ2n) is 8.12. The van der Waals surface area contributed by atoms with Crippen molar-refractivity contribution >= 4 is 17.4 Å². The highest BCUT2D eigenvalue weighted by Crippen LogP contribution is 2.39. The normalized spacial score (nSPS) is 18.1. The number of aliphatic hydroxyl groups is 1. The number of nitrogens with zero attached hydrogens (tertiary/aromatic N) is 2. The molecule has 1 amide bonds. The molecule has 32 heavy (non-hydrogen) atoms. The average Bonchev–Trinajstić information content (AvgIpc) is 3.05. The summed E-state index contributed by atoms with van der Waals surface area (Å²) in [6.07, 6.45) is 0.0312. The highest BCUT2D eigenvalue weighted by atomic mass is 16.5. The standard InChI is InChI=1S/C26H32N2O4/c1-5-27(6-2)16-17-28-23(19-10-8-7-9-11-19)22(25(30)26(28)31)24(29)20-12-14-21(15-13-20)32-18(3)4/h7-15,18,23,29H,5-6,16-17H2,1-4H3/b24-22-. The maximum atomic E-state index is 13.1. The van der Waals surface area contributed by atoms with Crippen LogP contribution in [0.5, 0.6) is 5.75 Å². The maximum absolute atomic E-state index is 13.1. The van der Waals surface area contributed by atoms with E-state index in [1.54, 1.807) is 29.2 Å². The lowest BCUT2D eigenvalue weighted by Gasteiger charge is -2.28. The highest BCUT2D eigenvalue weighted by molar-refractivity contribution is 6.46. The van der Waals surface area contributed by atoms with Gasteiger partial charge in [-0.05, 0) is 56.8 Å². The van der Waals surface area contributed by atoms with Crippen molar-refractivity contribution in [1.29, 1.82) is 0 Å². The molecular formula is C26H32N2O4. The van der Waals surface area contributed by atoms with E-state index < -0.39 is 17.7 Å². The van der Waals surface area contributed by atoms with Crippen LogP contribution in [0.1, 0.15) is 44.9 Å². The van der Waals surface area contributed by atoms with E-state index >= 15 is 0 Å². The largest absolute Gasteiger partial charge is 0.507 e. The molecule has 0 radical (unpaired) electrons. The Morgan fingerprint density at radius 1 is 1.03 bits per heavy atom. The number of ketones is 1. The fourth-order valence-corrected chi connectivity index (χ4v) is 4.00. The Hall–Kier alpha value is -3.12. The molecule has 0 aromatic heterocycles. The number of hydrogen-bond acceptors (Lipinski definition) is 5. The van der Waals surface area contributed by atoms with Crippen molar-refractivity contribution in [3.05, 3.63) is 71.3 Å². The molecule has 0 aliphatic carbocycles. The summed E-state index contributed by atoms with van der Waals surface area (Å²) in [7, 11) is 0. The van der Waals surface area contributed by atoms with Crippen LogP contribution in [0, 0.1) is 0 Å². The molecular weight excluding hydrogens is 404 g/mol. The molecule has 0 saturated carbocycles. The van der Waals surface area contributed by atoms with Crippen molar-refractivity contribution in [2.45, 2.75) is 39.8 Å². The molecule has 1 fully saturated rings. The van der Waals surface area contributed by atoms with Crippen molar-refractivity contribution in [1.82, 2.24) is 9.80 Å². The van der Waals surface area contributed by atoms with Gasteiger partial charge in [-0.15, -0.1) is 0 Å². The van der Waals surface area contributed by atoms with Crippen molar-refractivity contribution in [2.24, 2.45) is 0 Å². The van der Waals surface area contributed by atoms with Gasteiger partial charge in [-0.2, -0.15) is 0 Å². The van der Waals surface area contributed by atoms with Crippen LogP contribution >= 0.6 is 0 Å². The van der Waals surface area contributed by atoms with E-state index in [1.807, 2.05) is 44.2 Å². The lowest BCUT2D eigenvalue weighted by molar-refractivity contribution is -0.140. The van der Waals surface area contributed by atoms with E-state index in [2.05, 4.69) is 18.7 Å². The molecule has 6 nitrogen and oxygen atoms in total. The van der Waals surface area contributed by atoms with Crippen molar-refractivity contribution in [3.63, 3.8) is 0 Å². The molecule has 1 aliphatic heterocycles. The zero-order valence-electron chi connectivity index (χ0n) is 19.2. The summed E-state index contributed by atoms with van der Waals surface area (Å²) in [5.74, 6) is -0.722. The van der Waals surface area contributed by atoms with E-state index in [0.29, 0.717) is 24.4 Å². The van der Waals surface area contributed by atoms with Gasteiger partial charge in [-0.25, -0.2) is 0 Å². The first-order valence-corrected chi connectivity index (χ1v) is 11.2. The second kappa shape index (κ2) is 10.5. The highest BCUT2D eigenvalue weighted by Gasteiger charge is 2.45. The smallest absolute Gasteiger partial charge is 0.295 e. The first kappa shape index (κ1) is 23.5. The van der Waals surface area contributed by atoms with E-state index in [0.717, 1.165) is 18.7 Å². The SMILES string of the molecule is CCN(CC)CCN1C(=O)C(=O)/C(=C(\O)c2ccc(OC(C)C)cc2)C1c1ccccc1. The van der Waals surface area contributed by atoms with Crippen molar-refractivity contribution in [2.75, 3.05) is 26.2 Å². The van der Waals surface area contributed by atoms with Gasteiger partial charge in [0.15, 0.2) is 0 Å². The van der Waals surface area contributed by atoms with Gasteiger partial charge in [-0.3, -0.25) is 9.59 Å². The number of rotatable bonds is 9. The third-order valence-corrected chi connectivity index (χ3v) is 5.71. The molecule has 1 aliphatic rings. The Morgan fingerprint density at radius 2 is 1.66 bits per heavy atom. The van der Waals surface area contributed by atoms with Crippen LogP contribution in [0.2, 0.25) is 0 Å². The molecule has 1 N–H and O–H groups in total. The van der Waals surface area contributed by atoms with Crippen LogP contribution < -0.4 is 4.74 Å². The number of ether oxygens (including phenoxy) is 1. The lowest BCUT2D eigenvalue weighted by Crippen LogP contribution is -2.38. The fourth-order valence-electron chi connectivity index (χ4n) is 4.00. The van der Waals surface area contributed by atoms with Crippen molar-refractivity contribution in [3.8, 4) is 5.75 Å². The lowest BCUT2D eigenvalue weighted by atomic mass is 9.95. The van der Waals surface area contributed by atoms with Crippen molar-refractivity contribution < 1.29 is 19.4 Å². The monoisotopic (exact) mass is 436 g/mol. The Morgan fingerprint density at radius 3 is 2.22 bits per heavy atom. The minimum Gasteiger partial charge on any atom is -0.507 e. The molecule has 1 saturated heterocycles. The summed E-state index contributed by atoms with van der Waals surface area (Å²) in [5, 5.41) is 11.1. The summed E-state index contributed by atoms with van der Waals surface area (Å²) >= 11 is 0. The number of Topliss-reactive ketones (excluding diaryl/α,β-unsaturated/α-hetero) is 1. The Bertz CT molecular complexity index is 963. The van der Waals surface area contributed by atoms with E-state index in [4.69, 9.17) is 4.74 Å². The molecule has 2 aromatic carbocycles. The number of benzene rings is 2. The van der Waals surface area contributed by atoms with E-state index in [1.165, 1.54) is 0 Å². The average molecular weight is 437 g/mol. The van der Waals surface area contributed by atoms with Gasteiger partial charge in [0.05, 0.1) is 17.7 Å². The van der Waals surface area contributed by atoms with Crippen LogP contribution in [-0.2, 0) is 9.59 Å². The molecule has 170 valence electrons. The third kappa shape index (κ3) is 5.02. The second-order valence-corrected chi connectivity index (χ2v) is 8.12. The molecule has 2 aromatic rings. The van der Waals surface area contributed by atoms with Crippen LogP contribution in [0.3, 0.4) is 0 Å². The van der Waals surface area contributed by atoms with Gasteiger partial charge >= 0.3 is 0 Å². The molecule has 0 spiro atoms. The van der Waals surface area contributed by atoms with Crippen LogP contribution in [0.15, 0.2) is 60.2 Å². The molecule has 1 atom stereocenters. The summed E-state index contributed by atoms with van der Waals surface area (Å²) < 4.78 is 5.66. The topological polar surface area (TPSA) is 70.1 Å². The van der Waals surface area contributed by atoms with Gasteiger partial charge in [-0.1, -0.05) is 44.2 Å². The number of carbonyl (C=O) groups is 2. The molecule has 3 rings (SSSR count). The quantitative estimate of drug-likeness (QED) is 0.362. The third-order valence-electron chi connectivity index (χ3n) is 5.71. The number of aliphatic hydroxyl groups excluding tert-OH is 1. The minimum atomic E-state index is -0.654. The predicted octanol–water partition coefficient (Wildman–Crippen LogP) is 4.24. The van der Waals surface area contributed by atoms with Gasteiger partial charge in [0.25, 0.3) is 11.7 Å². The minimum absolute atomic E-state index is 0.0312. The summed E-state index contributed by atoms with van der Waals surface area (Å²) in [4.78, 5) is 29.8. The number of likely N-dealkylation sites (tertiary alicyclic amines) is 1. The summed E-state index contributed by atoms with van der Waals surface area (Å²) in [6, 6.07) is 15.7. The van der Waals surface area contributed by atoms with Gasteiger partial charge < -0.3 is 19.6 Å². The van der Waals surface area contributed by atoms with Crippen LogP contribution in [0.25, 0.3) is 5.76 Å². The molecule has 1 heterocycles. The maximum Gasteiger partial charge on any atom is 0.295 e. The first-order valence-electron chi connectivity index (χ1n) is 11.2. The number of likely N-dealkylation sites (N-methyl/N-ethyl adjacent to an activating group) is 1. The fraction of sp³-hybridized carbons (Fsp3) is 0.385. The van der Waals surface area contributed by atoms with E-state index in [9.17, 15) is 14.7 Å². The van der Waals surface area contributed by atoms with Gasteiger partial charge in [0, 0.05) is 18.7 Å². The predicted molar refractivity (Wildman–Crippen MR) is 125 cm³/mol. The summed E-state index contributed by atoms with van der Waals surface area (Å²) in [5.41, 5.74) is 1.40. The zero-order chi connectivity index (χ0) is 23.3. The Labute approximate surface area is 190 Å². The molecule has 1 unspecified atom stereocenters. The zero-order valence-corrected chi connectivity index (χ0v) is 19.2. The van der Waals surface area contributed by atoms with E-state index in [-0.39, 0.29) is 17.4 Å². The van der Waals surface area contributed by atoms with Crippen LogP contribution in [-0.4, -0.2) is 58.9 Å². The number of hydrogen-bond donors (Lipinski definition) is 1. The number of carbonyl (C=O) groups excluding carboxylic acids is 2. The summed E-state index contributed by atoms with van der Waals surface area (Å²) in [6.45, 7) is 10.8. The number of amides is 1.